The van der Waals surface area contributed by atoms with Gasteiger partial charge in [-0.25, -0.2) is 9.97 Å². The zero-order chi connectivity index (χ0) is 20.4. The maximum absolute atomic E-state index is 13.7. The Hall–Kier alpha value is -1.73. The summed E-state index contributed by atoms with van der Waals surface area (Å²) in [5, 5.41) is 0.990. The molecule has 1 aliphatic carbocycles. The molecule has 2 aromatic carbocycles. The first-order valence-corrected chi connectivity index (χ1v) is 11.4. The van der Waals surface area contributed by atoms with E-state index in [1.807, 2.05) is 55.5 Å². The molecule has 3 aromatic rings. The third-order valence-electron chi connectivity index (χ3n) is 5.74. The van der Waals surface area contributed by atoms with E-state index in [0.29, 0.717) is 24.6 Å². The minimum Gasteiger partial charge on any atom is -0.465 e. The van der Waals surface area contributed by atoms with Crippen LogP contribution in [-0.2, 0) is 14.9 Å². The van der Waals surface area contributed by atoms with E-state index in [1.165, 1.54) is 6.42 Å². The van der Waals surface area contributed by atoms with Crippen molar-refractivity contribution in [2.75, 3.05) is 6.61 Å². The van der Waals surface area contributed by atoms with Crippen LogP contribution in [0.3, 0.4) is 0 Å². The summed E-state index contributed by atoms with van der Waals surface area (Å²) >= 11 is 8.62. The molecule has 1 saturated carbocycles. The lowest BCUT2D eigenvalue weighted by atomic mass is 9.66. The van der Waals surface area contributed by atoms with E-state index in [0.717, 1.165) is 32.9 Å². The Kier molecular flexibility index (Phi) is 6.06. The summed E-state index contributed by atoms with van der Waals surface area (Å²) in [7, 11) is 0. The standard InChI is InChI=1S/C23H22ClIN2O2/c1-2-29-21(28)23(14-15-7-6-8-15,16-9-4-3-5-10-16)20-18-13-17(25)11-12-19(18)26-22(24)27-20/h3-5,9-13,15H,2,6-8,14H2,1H3. The third kappa shape index (κ3) is 3.87. The Morgan fingerprint density at radius 1 is 1.21 bits per heavy atom. The number of halogens is 2. The predicted molar refractivity (Wildman–Crippen MR) is 123 cm³/mol. The van der Waals surface area contributed by atoms with Crippen LogP contribution < -0.4 is 0 Å². The molecule has 6 heteroatoms. The highest BCUT2D eigenvalue weighted by Crippen LogP contribution is 2.46. The quantitative estimate of drug-likeness (QED) is 0.230. The van der Waals surface area contributed by atoms with Gasteiger partial charge in [-0.15, -0.1) is 0 Å². The molecule has 0 spiro atoms. The molecule has 1 atom stereocenters. The van der Waals surface area contributed by atoms with E-state index in [-0.39, 0.29) is 11.3 Å². The number of carbonyl (C=O) groups is 1. The van der Waals surface area contributed by atoms with Crippen LogP contribution in [0.1, 0.15) is 43.9 Å². The summed E-state index contributed by atoms with van der Waals surface area (Å²) in [6.45, 7) is 2.15. The lowest BCUT2D eigenvalue weighted by molar-refractivity contribution is -0.149. The summed E-state index contributed by atoms with van der Waals surface area (Å²) in [5.74, 6) is 0.180. The lowest BCUT2D eigenvalue weighted by Gasteiger charge is -2.38. The summed E-state index contributed by atoms with van der Waals surface area (Å²) in [4.78, 5) is 22.7. The van der Waals surface area contributed by atoms with Crippen molar-refractivity contribution in [3.05, 3.63) is 68.6 Å². The van der Waals surface area contributed by atoms with Gasteiger partial charge in [-0.05, 0) is 77.2 Å². The van der Waals surface area contributed by atoms with Crippen LogP contribution in [0.15, 0.2) is 48.5 Å². The number of hydrogen-bond acceptors (Lipinski definition) is 4. The molecule has 1 aliphatic rings. The normalized spacial score (nSPS) is 16.2. The van der Waals surface area contributed by atoms with E-state index < -0.39 is 5.41 Å². The van der Waals surface area contributed by atoms with Gasteiger partial charge in [0.25, 0.3) is 0 Å². The summed E-state index contributed by atoms with van der Waals surface area (Å²) in [5.41, 5.74) is 1.25. The van der Waals surface area contributed by atoms with Crippen LogP contribution in [0.5, 0.6) is 0 Å². The van der Waals surface area contributed by atoms with Crippen molar-refractivity contribution >= 4 is 51.1 Å². The van der Waals surface area contributed by atoms with Gasteiger partial charge in [0.1, 0.15) is 5.41 Å². The number of rotatable bonds is 6. The Balaban J connectivity index is 2.05. The van der Waals surface area contributed by atoms with Crippen LogP contribution in [0.25, 0.3) is 10.9 Å². The highest BCUT2D eigenvalue weighted by molar-refractivity contribution is 14.1. The first kappa shape index (κ1) is 20.5. The molecule has 29 heavy (non-hydrogen) atoms. The first-order chi connectivity index (χ1) is 14.0. The number of carbonyl (C=O) groups excluding carboxylic acids is 1. The van der Waals surface area contributed by atoms with E-state index in [1.54, 1.807) is 0 Å². The van der Waals surface area contributed by atoms with Crippen LogP contribution in [-0.4, -0.2) is 22.5 Å². The van der Waals surface area contributed by atoms with Gasteiger partial charge in [0, 0.05) is 8.96 Å². The molecule has 0 bridgehead atoms. The summed E-state index contributed by atoms with van der Waals surface area (Å²) < 4.78 is 6.71. The van der Waals surface area contributed by atoms with E-state index in [9.17, 15) is 4.79 Å². The van der Waals surface area contributed by atoms with Crippen LogP contribution in [0.4, 0.5) is 0 Å². The summed E-state index contributed by atoms with van der Waals surface area (Å²) in [6.07, 6.45) is 4.08. The minimum atomic E-state index is -1.02. The second-order valence-electron chi connectivity index (χ2n) is 7.50. The molecule has 1 unspecified atom stereocenters. The second kappa shape index (κ2) is 8.56. The van der Waals surface area contributed by atoms with Crippen LogP contribution in [0.2, 0.25) is 5.28 Å². The number of ether oxygens (including phenoxy) is 1. The number of esters is 1. The largest absolute Gasteiger partial charge is 0.465 e. The molecule has 0 N–H and O–H groups in total. The van der Waals surface area contributed by atoms with Crippen LogP contribution in [0, 0.1) is 9.49 Å². The number of aromatic nitrogens is 2. The average Bonchev–Trinajstić information content (AvgIpc) is 2.68. The van der Waals surface area contributed by atoms with Gasteiger partial charge in [-0.2, -0.15) is 0 Å². The van der Waals surface area contributed by atoms with Crippen molar-refractivity contribution < 1.29 is 9.53 Å². The Morgan fingerprint density at radius 2 is 1.97 bits per heavy atom. The number of nitrogens with zero attached hydrogens (tertiary/aromatic N) is 2. The molecule has 1 heterocycles. The molecule has 1 fully saturated rings. The Bertz CT molecular complexity index is 1040. The highest BCUT2D eigenvalue weighted by Gasteiger charge is 2.48. The van der Waals surface area contributed by atoms with Crippen molar-refractivity contribution in [1.82, 2.24) is 9.97 Å². The number of benzene rings is 2. The molecule has 4 rings (SSSR count). The van der Waals surface area contributed by atoms with Crippen molar-refractivity contribution in [3.8, 4) is 0 Å². The maximum Gasteiger partial charge on any atom is 0.322 e. The molecule has 4 nitrogen and oxygen atoms in total. The fraction of sp³-hybridized carbons (Fsp3) is 0.348. The van der Waals surface area contributed by atoms with Gasteiger partial charge in [0.15, 0.2) is 0 Å². The van der Waals surface area contributed by atoms with Gasteiger partial charge in [0.05, 0.1) is 17.8 Å². The topological polar surface area (TPSA) is 52.1 Å². The monoisotopic (exact) mass is 520 g/mol. The van der Waals surface area contributed by atoms with Gasteiger partial charge in [0.2, 0.25) is 5.28 Å². The molecule has 0 saturated heterocycles. The van der Waals surface area contributed by atoms with E-state index in [4.69, 9.17) is 16.3 Å². The second-order valence-corrected chi connectivity index (χ2v) is 9.08. The van der Waals surface area contributed by atoms with E-state index in [2.05, 4.69) is 32.6 Å². The molecular weight excluding hydrogens is 499 g/mol. The Labute approximate surface area is 189 Å². The lowest BCUT2D eigenvalue weighted by Crippen LogP contribution is -2.42. The maximum atomic E-state index is 13.7. The molecule has 0 radical (unpaired) electrons. The first-order valence-electron chi connectivity index (χ1n) is 9.90. The molecular formula is C23H22ClIN2O2. The number of hydrogen-bond donors (Lipinski definition) is 0. The fourth-order valence-electron chi connectivity index (χ4n) is 4.15. The van der Waals surface area contributed by atoms with Crippen LogP contribution >= 0.6 is 34.2 Å². The van der Waals surface area contributed by atoms with Crippen molar-refractivity contribution in [2.24, 2.45) is 5.92 Å². The average molecular weight is 521 g/mol. The molecule has 150 valence electrons. The summed E-state index contributed by atoms with van der Waals surface area (Å²) in [6, 6.07) is 15.8. The predicted octanol–water partition coefficient (Wildman–Crippen LogP) is 5.93. The molecule has 0 amide bonds. The smallest absolute Gasteiger partial charge is 0.322 e. The molecule has 0 aliphatic heterocycles. The van der Waals surface area contributed by atoms with Crippen molar-refractivity contribution in [1.29, 1.82) is 0 Å². The van der Waals surface area contributed by atoms with Crippen molar-refractivity contribution in [2.45, 2.75) is 38.0 Å². The zero-order valence-corrected chi connectivity index (χ0v) is 19.1. The third-order valence-corrected chi connectivity index (χ3v) is 6.58. The highest BCUT2D eigenvalue weighted by atomic mass is 127. The fourth-order valence-corrected chi connectivity index (χ4v) is 4.82. The minimum absolute atomic E-state index is 0.145. The van der Waals surface area contributed by atoms with Gasteiger partial charge >= 0.3 is 5.97 Å². The Morgan fingerprint density at radius 3 is 2.62 bits per heavy atom. The number of fused-ring (bicyclic) bond motifs is 1. The van der Waals surface area contributed by atoms with Gasteiger partial charge in [-0.3, -0.25) is 4.79 Å². The zero-order valence-electron chi connectivity index (χ0n) is 16.2. The molecule has 1 aromatic heterocycles. The van der Waals surface area contributed by atoms with E-state index >= 15 is 0 Å². The van der Waals surface area contributed by atoms with Gasteiger partial charge in [-0.1, -0.05) is 49.6 Å². The SMILES string of the molecule is CCOC(=O)C(CC1CCC1)(c1ccccc1)c1nc(Cl)nc2ccc(I)cc12. The van der Waals surface area contributed by atoms with Crippen molar-refractivity contribution in [3.63, 3.8) is 0 Å². The van der Waals surface area contributed by atoms with Gasteiger partial charge < -0.3 is 4.74 Å².